The number of rotatable bonds is 9. The molecule has 1 amide bonds. The second-order valence-electron chi connectivity index (χ2n) is 8.19. The van der Waals surface area contributed by atoms with Crippen LogP contribution >= 0.6 is 22.9 Å². The molecule has 37 heavy (non-hydrogen) atoms. The number of aliphatic hydroxyl groups is 1. The van der Waals surface area contributed by atoms with Crippen LogP contribution in [0.1, 0.15) is 27.7 Å². The summed E-state index contributed by atoms with van der Waals surface area (Å²) in [5.74, 6) is -2.03. The lowest BCUT2D eigenvalue weighted by Gasteiger charge is -2.35. The Labute approximate surface area is 222 Å². The summed E-state index contributed by atoms with van der Waals surface area (Å²) in [7, 11) is 0. The highest BCUT2D eigenvalue weighted by Crippen LogP contribution is 2.32. The molecule has 0 aliphatic rings. The molecule has 2 N–H and O–H groups in total. The van der Waals surface area contributed by atoms with Gasteiger partial charge in [-0.25, -0.2) is 22.7 Å². The fraction of sp³-hybridized carbons (Fsp3) is 0.208. The summed E-state index contributed by atoms with van der Waals surface area (Å²) in [5, 5.41) is 18.7. The number of hydrogen-bond donors (Lipinski definition) is 2. The zero-order chi connectivity index (χ0) is 26.7. The van der Waals surface area contributed by atoms with Crippen molar-refractivity contribution in [1.82, 2.24) is 20.1 Å². The van der Waals surface area contributed by atoms with Gasteiger partial charge in [-0.15, -0.1) is 11.3 Å². The summed E-state index contributed by atoms with van der Waals surface area (Å²) in [6.07, 6.45) is 2.57. The molecule has 3 atom stereocenters. The van der Waals surface area contributed by atoms with Gasteiger partial charge in [0.2, 0.25) is 0 Å². The van der Waals surface area contributed by atoms with Crippen molar-refractivity contribution >= 4 is 39.9 Å². The van der Waals surface area contributed by atoms with Crippen LogP contribution in [0, 0.1) is 18.6 Å². The quantitative estimate of drug-likeness (QED) is 0.311. The molecule has 0 aliphatic carbocycles. The third-order valence-electron chi connectivity index (χ3n) is 5.58. The first kappa shape index (κ1) is 26.9. The summed E-state index contributed by atoms with van der Waals surface area (Å²) in [6.45, 7) is 2.88. The van der Waals surface area contributed by atoms with Gasteiger partial charge in [0.05, 0.1) is 17.5 Å². The van der Waals surface area contributed by atoms with Gasteiger partial charge < -0.3 is 14.6 Å². The smallest absolute Gasteiger partial charge is 0.261 e. The van der Waals surface area contributed by atoms with E-state index >= 15 is 0 Å². The fourth-order valence-electron chi connectivity index (χ4n) is 3.62. The van der Waals surface area contributed by atoms with Crippen LogP contribution < -0.4 is 9.50 Å². The van der Waals surface area contributed by atoms with Crippen molar-refractivity contribution in [2.75, 3.05) is 0 Å². The summed E-state index contributed by atoms with van der Waals surface area (Å²) >= 11 is 4.92. The van der Waals surface area contributed by atoms with E-state index < -0.39 is 40.3 Å². The molecule has 2 aromatic carbocycles. The maximum atomic E-state index is 14.7. The maximum absolute atomic E-state index is 14.7. The molecule has 0 saturated carbocycles. The summed E-state index contributed by atoms with van der Waals surface area (Å²) in [6, 6.07) is 9.63. The number of aromatic nitrogens is 3. The van der Waals surface area contributed by atoms with E-state index in [-0.39, 0.29) is 17.0 Å². The Hall–Kier alpha value is -3.19. The first-order valence-electron chi connectivity index (χ1n) is 10.8. The third-order valence-corrected chi connectivity index (χ3v) is 8.31. The standard InChI is InChI=1S/C24H21ClF2N4O4S2/c1-14-9-21(37(34)35-18-6-3-16(25)4-7-18)36-22(14)23(32)30-15(2)24(33,11-31-13-28-12-29-31)19-8-5-17(26)10-20(19)27/h3-10,12-13,15,33H,11H2,1-2H3,(H,30,32)/t15-,24-,37?/m1/s1. The number of nitrogens with zero attached hydrogens (tertiary/aromatic N) is 3. The van der Waals surface area contributed by atoms with E-state index in [4.69, 9.17) is 15.8 Å². The van der Waals surface area contributed by atoms with E-state index in [9.17, 15) is 22.9 Å². The van der Waals surface area contributed by atoms with E-state index in [1.807, 2.05) is 0 Å². The fourth-order valence-corrected chi connectivity index (χ4v) is 5.82. The van der Waals surface area contributed by atoms with Crippen LogP contribution in [0.5, 0.6) is 5.75 Å². The molecule has 2 heterocycles. The number of carbonyl (C=O) groups is 1. The van der Waals surface area contributed by atoms with E-state index in [0.29, 0.717) is 26.6 Å². The summed E-state index contributed by atoms with van der Waals surface area (Å²) in [4.78, 5) is 17.2. The second kappa shape index (κ2) is 11.1. The topological polar surface area (TPSA) is 106 Å². The highest BCUT2D eigenvalue weighted by molar-refractivity contribution is 7.83. The van der Waals surface area contributed by atoms with Crippen LogP contribution in [0.25, 0.3) is 0 Å². The largest absolute Gasteiger partial charge is 0.396 e. The molecule has 0 spiro atoms. The van der Waals surface area contributed by atoms with Gasteiger partial charge in [-0.2, -0.15) is 5.10 Å². The number of nitrogens with one attached hydrogen (secondary N) is 1. The minimum absolute atomic E-state index is 0.224. The van der Waals surface area contributed by atoms with E-state index in [2.05, 4.69) is 15.4 Å². The van der Waals surface area contributed by atoms with Gasteiger partial charge >= 0.3 is 0 Å². The molecule has 8 nitrogen and oxygen atoms in total. The Morgan fingerprint density at radius 1 is 1.27 bits per heavy atom. The maximum Gasteiger partial charge on any atom is 0.261 e. The SMILES string of the molecule is Cc1cc(S(=O)Oc2ccc(Cl)cc2)sc1C(=O)N[C@H](C)[C@](O)(Cn1cncn1)c1ccc(F)cc1F. The van der Waals surface area contributed by atoms with E-state index in [1.165, 1.54) is 24.3 Å². The first-order chi connectivity index (χ1) is 17.6. The summed E-state index contributed by atoms with van der Waals surface area (Å²) < 4.78 is 48.0. The lowest BCUT2D eigenvalue weighted by Crippen LogP contribution is -2.51. The Morgan fingerprint density at radius 3 is 2.65 bits per heavy atom. The molecular weight excluding hydrogens is 546 g/mol. The predicted octanol–water partition coefficient (Wildman–Crippen LogP) is 4.39. The number of halogens is 3. The van der Waals surface area contributed by atoms with E-state index in [1.54, 1.807) is 37.3 Å². The highest BCUT2D eigenvalue weighted by Gasteiger charge is 2.40. The molecule has 1 unspecified atom stereocenters. The first-order valence-corrected chi connectivity index (χ1v) is 13.1. The van der Waals surface area contributed by atoms with Gasteiger partial charge in [0.25, 0.3) is 17.0 Å². The molecule has 4 rings (SSSR count). The van der Waals surface area contributed by atoms with Crippen LogP contribution in [0.3, 0.4) is 0 Å². The van der Waals surface area contributed by atoms with Crippen molar-refractivity contribution in [2.45, 2.75) is 36.2 Å². The molecule has 0 fully saturated rings. The minimum atomic E-state index is -2.02. The zero-order valence-electron chi connectivity index (χ0n) is 19.5. The van der Waals surface area contributed by atoms with Crippen LogP contribution in [-0.2, 0) is 23.2 Å². The lowest BCUT2D eigenvalue weighted by molar-refractivity contribution is -0.0185. The number of aryl methyl sites for hydroxylation is 1. The van der Waals surface area contributed by atoms with Crippen molar-refractivity contribution in [3.8, 4) is 5.75 Å². The number of benzene rings is 2. The average molecular weight is 567 g/mol. The zero-order valence-corrected chi connectivity index (χ0v) is 21.9. The number of hydrogen-bond acceptors (Lipinski definition) is 7. The molecule has 0 aliphatic heterocycles. The van der Waals surface area contributed by atoms with Gasteiger partial charge in [0.1, 0.15) is 39.8 Å². The summed E-state index contributed by atoms with van der Waals surface area (Å²) in [5.41, 5.74) is -1.71. The second-order valence-corrected chi connectivity index (χ2v) is 11.0. The van der Waals surface area contributed by atoms with Crippen molar-refractivity contribution < 1.29 is 27.1 Å². The molecule has 194 valence electrons. The number of amides is 1. The highest BCUT2D eigenvalue weighted by atomic mass is 35.5. The number of carbonyl (C=O) groups excluding carboxylic acids is 1. The molecule has 0 bridgehead atoms. The van der Waals surface area contributed by atoms with Gasteiger partial charge in [0.15, 0.2) is 0 Å². The minimum Gasteiger partial charge on any atom is -0.396 e. The van der Waals surface area contributed by atoms with E-state index in [0.717, 1.165) is 23.5 Å². The van der Waals surface area contributed by atoms with Gasteiger partial charge in [-0.3, -0.25) is 4.79 Å². The van der Waals surface area contributed by atoms with Gasteiger partial charge in [-0.05, 0) is 55.8 Å². The molecule has 0 saturated heterocycles. The molecule has 4 aromatic rings. The Bertz CT molecular complexity index is 1430. The van der Waals surface area contributed by atoms with Crippen molar-refractivity contribution in [2.24, 2.45) is 0 Å². The Kier molecular flexibility index (Phi) is 8.02. The van der Waals surface area contributed by atoms with Crippen LogP contribution in [0.15, 0.2) is 65.4 Å². The Balaban J connectivity index is 1.56. The van der Waals surface area contributed by atoms with Crippen molar-refractivity contribution in [1.29, 1.82) is 0 Å². The Morgan fingerprint density at radius 2 is 2.00 bits per heavy atom. The molecule has 0 radical (unpaired) electrons. The number of thiophene rings is 1. The van der Waals surface area contributed by atoms with Crippen LogP contribution in [0.4, 0.5) is 8.78 Å². The van der Waals surface area contributed by atoms with Gasteiger partial charge in [-0.1, -0.05) is 17.7 Å². The monoisotopic (exact) mass is 566 g/mol. The molecule has 2 aromatic heterocycles. The van der Waals surface area contributed by atoms with Crippen molar-refractivity contribution in [3.05, 3.63) is 93.8 Å². The van der Waals surface area contributed by atoms with Gasteiger partial charge in [0, 0.05) is 16.7 Å². The lowest BCUT2D eigenvalue weighted by atomic mass is 9.86. The molecule has 13 heteroatoms. The third kappa shape index (κ3) is 6.04. The van der Waals surface area contributed by atoms with Crippen molar-refractivity contribution in [3.63, 3.8) is 0 Å². The average Bonchev–Trinajstić information content (AvgIpc) is 3.49. The normalized spacial score (nSPS) is 14.5. The van der Waals surface area contributed by atoms with Crippen LogP contribution in [-0.4, -0.2) is 36.0 Å². The van der Waals surface area contributed by atoms with Crippen LogP contribution in [0.2, 0.25) is 5.02 Å². The molecular formula is C24H21ClF2N4O4S2. The predicted molar refractivity (Wildman–Crippen MR) is 135 cm³/mol.